The normalized spacial score (nSPS) is 10.1. The van der Waals surface area contributed by atoms with Gasteiger partial charge in [0.25, 0.3) is 5.91 Å². The van der Waals surface area contributed by atoms with Crippen LogP contribution in [0, 0.1) is 10.1 Å². The van der Waals surface area contributed by atoms with Crippen LogP contribution in [-0.2, 0) is 9.59 Å². The average molecular weight is 408 g/mol. The average Bonchev–Trinajstić information content (AvgIpc) is 2.67. The molecular weight excluding hydrogens is 390 g/mol. The van der Waals surface area contributed by atoms with Gasteiger partial charge in [-0.1, -0.05) is 23.7 Å². The minimum atomic E-state index is -0.636. The van der Waals surface area contributed by atoms with Gasteiger partial charge in [-0.15, -0.1) is 0 Å². The molecule has 0 aliphatic rings. The van der Waals surface area contributed by atoms with Gasteiger partial charge in [0, 0.05) is 7.05 Å². The van der Waals surface area contributed by atoms with Gasteiger partial charge in [-0.3, -0.25) is 19.7 Å². The molecule has 9 nitrogen and oxygen atoms in total. The van der Waals surface area contributed by atoms with Crippen molar-refractivity contribution < 1.29 is 24.0 Å². The lowest BCUT2D eigenvalue weighted by molar-refractivity contribution is -0.385. The number of ether oxygens (including phenoxy) is 2. The first-order chi connectivity index (χ1) is 13.3. The van der Waals surface area contributed by atoms with E-state index in [1.807, 2.05) is 0 Å². The van der Waals surface area contributed by atoms with E-state index in [1.54, 1.807) is 24.3 Å². The molecule has 0 aliphatic heterocycles. The quantitative estimate of drug-likeness (QED) is 0.532. The molecule has 0 bridgehead atoms. The Kier molecular flexibility index (Phi) is 7.16. The van der Waals surface area contributed by atoms with Gasteiger partial charge in [0.15, 0.2) is 12.4 Å². The van der Waals surface area contributed by atoms with Gasteiger partial charge < -0.3 is 19.7 Å². The third-order valence-corrected chi connectivity index (χ3v) is 4.00. The number of hydrogen-bond acceptors (Lipinski definition) is 6. The largest absolute Gasteiger partial charge is 0.496 e. The highest BCUT2D eigenvalue weighted by Gasteiger charge is 2.19. The van der Waals surface area contributed by atoms with Crippen molar-refractivity contribution in [3.8, 4) is 11.5 Å². The molecule has 0 saturated heterocycles. The van der Waals surface area contributed by atoms with E-state index in [-0.39, 0.29) is 18.0 Å². The number of amides is 2. The standard InChI is InChI=1S/C18H18ClN3O6/c1-21(10-17(23)20-14-6-4-3-5-13(14)19)18(24)11-28-16-8-7-12(27-2)9-15(16)22(25)26/h3-9H,10-11H2,1-2H3,(H,20,23). The lowest BCUT2D eigenvalue weighted by Gasteiger charge is -2.17. The first kappa shape index (κ1) is 21.0. The number of carbonyl (C=O) groups excluding carboxylic acids is 2. The summed E-state index contributed by atoms with van der Waals surface area (Å²) in [5.41, 5.74) is 0.103. The number of rotatable bonds is 8. The van der Waals surface area contributed by atoms with Crippen molar-refractivity contribution in [3.05, 3.63) is 57.6 Å². The number of halogens is 1. The van der Waals surface area contributed by atoms with Crippen molar-refractivity contribution in [2.75, 3.05) is 32.6 Å². The maximum Gasteiger partial charge on any atom is 0.314 e. The second-order valence-electron chi connectivity index (χ2n) is 5.66. The Morgan fingerprint density at radius 1 is 1.25 bits per heavy atom. The van der Waals surface area contributed by atoms with Crippen LogP contribution < -0.4 is 14.8 Å². The van der Waals surface area contributed by atoms with Crippen LogP contribution in [0.2, 0.25) is 5.02 Å². The fourth-order valence-corrected chi connectivity index (χ4v) is 2.38. The number of nitrogens with one attached hydrogen (secondary N) is 1. The number of benzene rings is 2. The molecule has 2 aromatic carbocycles. The van der Waals surface area contributed by atoms with Crippen LogP contribution in [0.25, 0.3) is 0 Å². The first-order valence-electron chi connectivity index (χ1n) is 8.05. The molecule has 0 spiro atoms. The van der Waals surface area contributed by atoms with Gasteiger partial charge in [-0.25, -0.2) is 0 Å². The Labute approximate surface area is 165 Å². The fraction of sp³-hybridized carbons (Fsp3) is 0.222. The SMILES string of the molecule is COc1ccc(OCC(=O)N(C)CC(=O)Nc2ccccc2Cl)c([N+](=O)[O-])c1. The molecule has 0 radical (unpaired) electrons. The first-order valence-corrected chi connectivity index (χ1v) is 8.43. The molecule has 0 aromatic heterocycles. The van der Waals surface area contributed by atoms with Gasteiger partial charge in [0.05, 0.1) is 35.4 Å². The summed E-state index contributed by atoms with van der Waals surface area (Å²) in [4.78, 5) is 35.9. The number of nitro benzene ring substituents is 1. The maximum atomic E-state index is 12.2. The van der Waals surface area contributed by atoms with Crippen molar-refractivity contribution in [1.82, 2.24) is 4.90 Å². The molecule has 148 valence electrons. The summed E-state index contributed by atoms with van der Waals surface area (Å²) >= 11 is 5.97. The molecule has 28 heavy (non-hydrogen) atoms. The summed E-state index contributed by atoms with van der Waals surface area (Å²) in [5.74, 6) is -0.759. The predicted molar refractivity (Wildman–Crippen MR) is 103 cm³/mol. The Morgan fingerprint density at radius 2 is 1.96 bits per heavy atom. The van der Waals surface area contributed by atoms with Crippen molar-refractivity contribution in [3.63, 3.8) is 0 Å². The number of anilines is 1. The minimum absolute atomic E-state index is 0.0759. The molecule has 0 aliphatic carbocycles. The van der Waals surface area contributed by atoms with E-state index in [2.05, 4.69) is 5.32 Å². The van der Waals surface area contributed by atoms with Crippen LogP contribution >= 0.6 is 11.6 Å². The van der Waals surface area contributed by atoms with Gasteiger partial charge >= 0.3 is 5.69 Å². The molecule has 2 amide bonds. The molecule has 10 heteroatoms. The fourth-order valence-electron chi connectivity index (χ4n) is 2.19. The zero-order chi connectivity index (χ0) is 20.7. The van der Waals surface area contributed by atoms with Gasteiger partial charge in [0.1, 0.15) is 5.75 Å². The predicted octanol–water partition coefficient (Wildman–Crippen LogP) is 2.73. The highest BCUT2D eigenvalue weighted by Crippen LogP contribution is 2.31. The van der Waals surface area contributed by atoms with Crippen molar-refractivity contribution in [2.45, 2.75) is 0 Å². The number of nitro groups is 1. The van der Waals surface area contributed by atoms with Crippen LogP contribution in [-0.4, -0.2) is 48.9 Å². The van der Waals surface area contributed by atoms with Crippen molar-refractivity contribution >= 4 is 34.8 Å². The van der Waals surface area contributed by atoms with E-state index in [1.165, 1.54) is 32.4 Å². The van der Waals surface area contributed by atoms with E-state index in [0.717, 1.165) is 4.90 Å². The molecule has 2 aromatic rings. The number of carbonyl (C=O) groups is 2. The second-order valence-corrected chi connectivity index (χ2v) is 6.06. The van der Waals surface area contributed by atoms with E-state index >= 15 is 0 Å². The Hall–Kier alpha value is -3.33. The van der Waals surface area contributed by atoms with Crippen molar-refractivity contribution in [2.24, 2.45) is 0 Å². The Morgan fingerprint density at radius 3 is 2.61 bits per heavy atom. The Bertz CT molecular complexity index is 889. The smallest absolute Gasteiger partial charge is 0.314 e. The third kappa shape index (κ3) is 5.58. The number of likely N-dealkylation sites (N-methyl/N-ethyl adjacent to an activating group) is 1. The lowest BCUT2D eigenvalue weighted by Crippen LogP contribution is -2.37. The molecule has 0 heterocycles. The zero-order valence-corrected chi connectivity index (χ0v) is 15.9. The number of nitrogens with zero attached hydrogens (tertiary/aromatic N) is 2. The molecule has 0 atom stereocenters. The second kappa shape index (κ2) is 9.56. The number of hydrogen-bond donors (Lipinski definition) is 1. The van der Waals surface area contributed by atoms with Gasteiger partial charge in [-0.05, 0) is 24.3 Å². The van der Waals surface area contributed by atoms with E-state index < -0.39 is 23.3 Å². The van der Waals surface area contributed by atoms with Crippen LogP contribution in [0.4, 0.5) is 11.4 Å². The summed E-state index contributed by atoms with van der Waals surface area (Å²) in [7, 11) is 2.80. The van der Waals surface area contributed by atoms with Gasteiger partial charge in [0.2, 0.25) is 5.91 Å². The molecule has 0 fully saturated rings. The van der Waals surface area contributed by atoms with Crippen molar-refractivity contribution in [1.29, 1.82) is 0 Å². The number of para-hydroxylation sites is 1. The van der Waals surface area contributed by atoms with Crippen LogP contribution in [0.3, 0.4) is 0 Å². The summed E-state index contributed by atoms with van der Waals surface area (Å²) < 4.78 is 10.2. The highest BCUT2D eigenvalue weighted by atomic mass is 35.5. The zero-order valence-electron chi connectivity index (χ0n) is 15.2. The summed E-state index contributed by atoms with van der Waals surface area (Å²) in [5, 5.41) is 14.1. The monoisotopic (exact) mass is 407 g/mol. The van der Waals surface area contributed by atoms with Gasteiger partial charge in [-0.2, -0.15) is 0 Å². The lowest BCUT2D eigenvalue weighted by atomic mass is 10.3. The topological polar surface area (TPSA) is 111 Å². The Balaban J connectivity index is 1.93. The summed E-state index contributed by atoms with van der Waals surface area (Å²) in [6.07, 6.45) is 0. The van der Waals surface area contributed by atoms with E-state index in [4.69, 9.17) is 21.1 Å². The van der Waals surface area contributed by atoms with Crippen LogP contribution in [0.1, 0.15) is 0 Å². The molecule has 2 rings (SSSR count). The minimum Gasteiger partial charge on any atom is -0.496 e. The molecular formula is C18H18ClN3O6. The van der Waals surface area contributed by atoms with Crippen LogP contribution in [0.5, 0.6) is 11.5 Å². The van der Waals surface area contributed by atoms with E-state index in [9.17, 15) is 19.7 Å². The highest BCUT2D eigenvalue weighted by molar-refractivity contribution is 6.33. The summed E-state index contributed by atoms with van der Waals surface area (Å²) in [6.45, 7) is -0.707. The number of methoxy groups -OCH3 is 1. The molecule has 0 unspecified atom stereocenters. The van der Waals surface area contributed by atoms with Crippen LogP contribution in [0.15, 0.2) is 42.5 Å². The molecule has 1 N–H and O–H groups in total. The van der Waals surface area contributed by atoms with E-state index in [0.29, 0.717) is 16.5 Å². The third-order valence-electron chi connectivity index (χ3n) is 3.67. The maximum absolute atomic E-state index is 12.2. The summed E-state index contributed by atoms with van der Waals surface area (Å²) in [6, 6.07) is 10.7. The molecule has 0 saturated carbocycles.